The van der Waals surface area contributed by atoms with Crippen LogP contribution in [0.3, 0.4) is 0 Å². The van der Waals surface area contributed by atoms with E-state index in [-0.39, 0.29) is 17.5 Å². The predicted octanol–water partition coefficient (Wildman–Crippen LogP) is 4.97. The Hall–Kier alpha value is -3.20. The van der Waals surface area contributed by atoms with Gasteiger partial charge in [-0.1, -0.05) is 19.4 Å². The normalized spacial score (nSPS) is 15.4. The van der Waals surface area contributed by atoms with Crippen molar-refractivity contribution in [1.82, 2.24) is 24.7 Å². The van der Waals surface area contributed by atoms with Gasteiger partial charge in [-0.25, -0.2) is 22.5 Å². The molecule has 1 aromatic carbocycles. The zero-order valence-electron chi connectivity index (χ0n) is 22.0. The molecule has 4 aromatic rings. The van der Waals surface area contributed by atoms with Crippen LogP contribution in [0.4, 0.5) is 22.2 Å². The van der Waals surface area contributed by atoms with Crippen LogP contribution in [0.2, 0.25) is 0 Å². The van der Waals surface area contributed by atoms with Crippen LogP contribution in [0.25, 0.3) is 9.88 Å². The number of rotatable bonds is 13. The van der Waals surface area contributed by atoms with Gasteiger partial charge < -0.3 is 15.5 Å². The number of anilines is 3. The van der Waals surface area contributed by atoms with E-state index in [1.54, 1.807) is 22.7 Å². The highest BCUT2D eigenvalue weighted by Gasteiger charge is 2.29. The summed E-state index contributed by atoms with van der Waals surface area (Å²) in [4.78, 5) is 21.8. The number of benzene rings is 1. The Bertz CT molecular complexity index is 1500. The summed E-state index contributed by atoms with van der Waals surface area (Å²) in [5, 5.41) is 11.6. The Morgan fingerprint density at radius 3 is 2.60 bits per heavy atom. The molecule has 212 valence electrons. The molecule has 3 N–H and O–H groups in total. The average molecular weight is 603 g/mol. The first-order chi connectivity index (χ1) is 19.4. The molecule has 5 rings (SSSR count). The van der Waals surface area contributed by atoms with Gasteiger partial charge in [0.1, 0.15) is 10.8 Å². The summed E-state index contributed by atoms with van der Waals surface area (Å²) in [6, 6.07) is 8.72. The molecule has 1 aliphatic rings. The molecule has 0 saturated carbocycles. The molecule has 4 heterocycles. The molecule has 0 amide bonds. The van der Waals surface area contributed by atoms with Gasteiger partial charge in [-0.05, 0) is 55.0 Å². The summed E-state index contributed by atoms with van der Waals surface area (Å²) in [7, 11) is -3.78. The Morgan fingerprint density at radius 2 is 1.85 bits per heavy atom. The monoisotopic (exact) mass is 602 g/mol. The van der Waals surface area contributed by atoms with E-state index in [1.807, 2.05) is 21.7 Å². The van der Waals surface area contributed by atoms with Gasteiger partial charge in [-0.2, -0.15) is 15.0 Å². The maximum Gasteiger partial charge on any atom is 0.240 e. The molecule has 1 atom stereocenters. The minimum atomic E-state index is -3.78. The highest BCUT2D eigenvalue weighted by atomic mass is 32.2. The molecule has 1 saturated heterocycles. The van der Waals surface area contributed by atoms with Crippen LogP contribution in [0, 0.1) is 5.82 Å². The molecular formula is C26H31FN8O2S3. The van der Waals surface area contributed by atoms with Crippen molar-refractivity contribution in [2.24, 2.45) is 0 Å². The van der Waals surface area contributed by atoms with Gasteiger partial charge in [-0.3, -0.25) is 0 Å². The minimum Gasteiger partial charge on any atom is -0.354 e. The number of halogens is 1. The fraction of sp³-hybridized carbons (Fsp3) is 0.385. The van der Waals surface area contributed by atoms with Crippen molar-refractivity contribution in [2.45, 2.75) is 50.1 Å². The smallest absolute Gasteiger partial charge is 0.240 e. The summed E-state index contributed by atoms with van der Waals surface area (Å²) in [6.45, 7) is 4.18. The van der Waals surface area contributed by atoms with Crippen molar-refractivity contribution in [2.75, 3.05) is 35.2 Å². The molecule has 1 fully saturated rings. The summed E-state index contributed by atoms with van der Waals surface area (Å²) in [5.41, 5.74) is 0.894. The lowest BCUT2D eigenvalue weighted by atomic mass is 10.2. The summed E-state index contributed by atoms with van der Waals surface area (Å²) in [6.07, 6.45) is 3.67. The molecule has 40 heavy (non-hydrogen) atoms. The van der Waals surface area contributed by atoms with Gasteiger partial charge in [0, 0.05) is 31.1 Å². The lowest BCUT2D eigenvalue weighted by Gasteiger charge is -2.25. The van der Waals surface area contributed by atoms with Crippen molar-refractivity contribution in [3.63, 3.8) is 0 Å². The third-order valence-electron chi connectivity index (χ3n) is 6.42. The minimum absolute atomic E-state index is 0.0248. The second-order valence-electron chi connectivity index (χ2n) is 9.33. The number of thiophene rings is 1. The number of hydrogen-bond acceptors (Lipinski definition) is 11. The standard InChI is InChI=1S/C26H31FN8O2S3/c1-2-3-12-28-24-32-25(29-15-19-17-39-23(31-19)22-7-5-14-38-22)34-26(33-24)35-13-4-6-20(35)16-30-40(36,37)21-10-8-18(27)9-11-21/h5,7-11,14,17,20,30H,2-4,6,12-13,15-16H2,1H3,(H2,28,29,32,33,34)/t20-/m1/s1. The maximum atomic E-state index is 13.3. The summed E-state index contributed by atoms with van der Waals surface area (Å²) in [5.74, 6) is 0.891. The van der Waals surface area contributed by atoms with E-state index in [9.17, 15) is 12.8 Å². The lowest BCUT2D eigenvalue weighted by Crippen LogP contribution is -2.41. The van der Waals surface area contributed by atoms with E-state index in [0.717, 1.165) is 59.9 Å². The summed E-state index contributed by atoms with van der Waals surface area (Å²) >= 11 is 3.26. The van der Waals surface area contributed by atoms with Gasteiger partial charge in [0.05, 0.1) is 22.0 Å². The van der Waals surface area contributed by atoms with Crippen molar-refractivity contribution in [3.05, 3.63) is 58.7 Å². The van der Waals surface area contributed by atoms with E-state index in [2.05, 4.69) is 43.3 Å². The van der Waals surface area contributed by atoms with Gasteiger partial charge >= 0.3 is 0 Å². The number of nitrogens with one attached hydrogen (secondary N) is 3. The molecule has 0 unspecified atom stereocenters. The van der Waals surface area contributed by atoms with E-state index >= 15 is 0 Å². The van der Waals surface area contributed by atoms with Crippen molar-refractivity contribution in [1.29, 1.82) is 0 Å². The van der Waals surface area contributed by atoms with Gasteiger partial charge in [-0.15, -0.1) is 22.7 Å². The average Bonchev–Trinajstić information content (AvgIpc) is 3.73. The first-order valence-corrected chi connectivity index (χ1v) is 16.4. The van der Waals surface area contributed by atoms with E-state index in [4.69, 9.17) is 4.98 Å². The topological polar surface area (TPSA) is 125 Å². The third kappa shape index (κ3) is 7.11. The first kappa shape index (κ1) is 28.3. The Morgan fingerprint density at radius 1 is 1.05 bits per heavy atom. The molecule has 3 aromatic heterocycles. The number of sulfonamides is 1. The van der Waals surface area contributed by atoms with E-state index in [1.165, 1.54) is 12.1 Å². The fourth-order valence-electron chi connectivity index (χ4n) is 4.31. The zero-order chi connectivity index (χ0) is 28.0. The Labute approximate surface area is 241 Å². The van der Waals surface area contributed by atoms with Crippen molar-refractivity contribution in [3.8, 4) is 9.88 Å². The number of aromatic nitrogens is 4. The third-order valence-corrected chi connectivity index (χ3v) is 9.78. The maximum absolute atomic E-state index is 13.3. The fourth-order valence-corrected chi connectivity index (χ4v) is 7.02. The van der Waals surface area contributed by atoms with Crippen molar-refractivity contribution < 1.29 is 12.8 Å². The number of nitrogens with zero attached hydrogens (tertiary/aromatic N) is 5. The number of unbranched alkanes of at least 4 members (excludes halogenated alkanes) is 1. The highest BCUT2D eigenvalue weighted by molar-refractivity contribution is 7.89. The summed E-state index contributed by atoms with van der Waals surface area (Å²) < 4.78 is 41.5. The molecule has 0 aliphatic carbocycles. The Kier molecular flexibility index (Phi) is 9.19. The van der Waals surface area contributed by atoms with E-state index < -0.39 is 15.8 Å². The Balaban J connectivity index is 1.30. The van der Waals surface area contributed by atoms with Crippen LogP contribution in [0.15, 0.2) is 52.1 Å². The van der Waals surface area contributed by atoms with Gasteiger partial charge in [0.25, 0.3) is 0 Å². The lowest BCUT2D eigenvalue weighted by molar-refractivity contribution is 0.564. The van der Waals surface area contributed by atoms with Crippen LogP contribution < -0.4 is 20.3 Å². The largest absolute Gasteiger partial charge is 0.354 e. The molecule has 14 heteroatoms. The number of hydrogen-bond donors (Lipinski definition) is 3. The molecule has 0 radical (unpaired) electrons. The number of thiazole rings is 1. The first-order valence-electron chi connectivity index (χ1n) is 13.2. The molecule has 0 spiro atoms. The van der Waals surface area contributed by atoms with Crippen LogP contribution in [-0.2, 0) is 16.6 Å². The van der Waals surface area contributed by atoms with Crippen LogP contribution >= 0.6 is 22.7 Å². The van der Waals surface area contributed by atoms with Crippen LogP contribution in [0.1, 0.15) is 38.3 Å². The van der Waals surface area contributed by atoms with Gasteiger partial charge in [0.15, 0.2) is 0 Å². The van der Waals surface area contributed by atoms with Crippen LogP contribution in [-0.4, -0.2) is 54.0 Å². The highest BCUT2D eigenvalue weighted by Crippen LogP contribution is 2.28. The zero-order valence-corrected chi connectivity index (χ0v) is 24.5. The van der Waals surface area contributed by atoms with Gasteiger partial charge in [0.2, 0.25) is 27.9 Å². The van der Waals surface area contributed by atoms with Crippen LogP contribution in [0.5, 0.6) is 0 Å². The molecule has 10 nitrogen and oxygen atoms in total. The molecule has 1 aliphatic heterocycles. The quantitative estimate of drug-likeness (QED) is 0.182. The molecular weight excluding hydrogens is 572 g/mol. The SMILES string of the molecule is CCCCNc1nc(NCc2csc(-c3cccs3)n2)nc(N2CCC[C@@H]2CNS(=O)(=O)c2ccc(F)cc2)n1. The predicted molar refractivity (Wildman–Crippen MR) is 158 cm³/mol. The molecule has 0 bridgehead atoms. The second kappa shape index (κ2) is 13.0. The van der Waals surface area contributed by atoms with E-state index in [0.29, 0.717) is 30.9 Å². The van der Waals surface area contributed by atoms with Crippen molar-refractivity contribution >= 4 is 50.5 Å². The second-order valence-corrected chi connectivity index (χ2v) is 12.9.